The summed E-state index contributed by atoms with van der Waals surface area (Å²) in [5.74, 6) is 0.192. The minimum absolute atomic E-state index is 0.0556. The number of H-pyrrole nitrogens is 1. The third-order valence-corrected chi connectivity index (χ3v) is 4.60. The van der Waals surface area contributed by atoms with Gasteiger partial charge in [0.05, 0.1) is 17.5 Å². The number of nitrogens with one attached hydrogen (secondary N) is 2. The number of ether oxygens (including phenoxy) is 1. The molecule has 7 nitrogen and oxygen atoms in total. The van der Waals surface area contributed by atoms with E-state index in [1.807, 2.05) is 54.6 Å². The number of hydrogen-bond donors (Lipinski definition) is 2. The number of aromatic amines is 1. The molecule has 0 fully saturated rings. The molecule has 0 aliphatic carbocycles. The standard InChI is InChI=1S/C23H26N4O3/c1-16-20(22(29)27(26-16)18-8-6-5-7-9-18)14-24-25-21(28)15-30-19-12-10-17(11-13-19)23(2,3)4/h5-14,26H,15H2,1-4H3,(H,25,28)/b24-14-. The number of benzene rings is 2. The van der Waals surface area contributed by atoms with Crippen molar-refractivity contribution in [2.24, 2.45) is 5.10 Å². The lowest BCUT2D eigenvalue weighted by molar-refractivity contribution is -0.123. The molecule has 1 aromatic heterocycles. The number of hydrazone groups is 1. The van der Waals surface area contributed by atoms with E-state index in [9.17, 15) is 9.59 Å². The van der Waals surface area contributed by atoms with Crippen LogP contribution in [-0.2, 0) is 10.2 Å². The summed E-state index contributed by atoms with van der Waals surface area (Å²) in [5.41, 5.74) is 5.13. The highest BCUT2D eigenvalue weighted by molar-refractivity contribution is 5.83. The van der Waals surface area contributed by atoms with Gasteiger partial charge in [0.1, 0.15) is 5.75 Å². The van der Waals surface area contributed by atoms with Crippen LogP contribution >= 0.6 is 0 Å². The Balaban J connectivity index is 1.57. The minimum Gasteiger partial charge on any atom is -0.484 e. The summed E-state index contributed by atoms with van der Waals surface area (Å²) in [6, 6.07) is 16.9. The molecule has 0 spiro atoms. The van der Waals surface area contributed by atoms with Crippen LogP contribution in [0.5, 0.6) is 5.75 Å². The number of carbonyl (C=O) groups excluding carboxylic acids is 1. The maximum atomic E-state index is 12.6. The Labute approximate surface area is 175 Å². The molecule has 0 aliphatic heterocycles. The second-order valence-electron chi connectivity index (χ2n) is 7.98. The lowest BCUT2D eigenvalue weighted by Crippen LogP contribution is -2.25. The molecule has 2 N–H and O–H groups in total. The molecule has 2 aromatic carbocycles. The van der Waals surface area contributed by atoms with Gasteiger partial charge in [-0.2, -0.15) is 5.10 Å². The number of para-hydroxylation sites is 1. The van der Waals surface area contributed by atoms with E-state index in [2.05, 4.69) is 36.4 Å². The van der Waals surface area contributed by atoms with Gasteiger partial charge >= 0.3 is 0 Å². The minimum atomic E-state index is -0.414. The molecule has 0 aliphatic rings. The number of carbonyl (C=O) groups is 1. The molecule has 156 valence electrons. The summed E-state index contributed by atoms with van der Waals surface area (Å²) < 4.78 is 6.92. The Morgan fingerprint density at radius 2 is 1.80 bits per heavy atom. The molecule has 0 saturated heterocycles. The predicted octanol–water partition coefficient (Wildman–Crippen LogP) is 3.30. The zero-order valence-electron chi connectivity index (χ0n) is 17.6. The average Bonchev–Trinajstić information content (AvgIpc) is 3.01. The lowest BCUT2D eigenvalue weighted by atomic mass is 9.87. The highest BCUT2D eigenvalue weighted by atomic mass is 16.5. The molecule has 7 heteroatoms. The van der Waals surface area contributed by atoms with Crippen LogP contribution in [-0.4, -0.2) is 28.5 Å². The zero-order chi connectivity index (χ0) is 21.7. The molecule has 3 rings (SSSR count). The van der Waals surface area contributed by atoms with E-state index in [-0.39, 0.29) is 17.6 Å². The Bertz CT molecular complexity index is 1090. The number of hydrogen-bond acceptors (Lipinski definition) is 4. The van der Waals surface area contributed by atoms with Crippen molar-refractivity contribution in [2.75, 3.05) is 6.61 Å². The van der Waals surface area contributed by atoms with Gasteiger partial charge in [-0.25, -0.2) is 10.1 Å². The van der Waals surface area contributed by atoms with Gasteiger partial charge in [-0.05, 0) is 42.2 Å². The van der Waals surface area contributed by atoms with Crippen molar-refractivity contribution in [3.05, 3.63) is 81.8 Å². The molecule has 30 heavy (non-hydrogen) atoms. The first-order chi connectivity index (χ1) is 14.3. The summed E-state index contributed by atoms with van der Waals surface area (Å²) in [4.78, 5) is 24.6. The number of aromatic nitrogens is 2. The van der Waals surface area contributed by atoms with Crippen LogP contribution in [0.15, 0.2) is 64.5 Å². The van der Waals surface area contributed by atoms with E-state index in [0.717, 1.165) is 5.69 Å². The molecule has 1 heterocycles. The maximum Gasteiger partial charge on any atom is 0.280 e. The van der Waals surface area contributed by atoms with Crippen LogP contribution in [0.2, 0.25) is 0 Å². The number of rotatable bonds is 6. The number of amides is 1. The van der Waals surface area contributed by atoms with Crippen molar-refractivity contribution >= 4 is 12.1 Å². The van der Waals surface area contributed by atoms with Gasteiger partial charge in [0.15, 0.2) is 6.61 Å². The van der Waals surface area contributed by atoms with Gasteiger partial charge in [0.25, 0.3) is 11.5 Å². The van der Waals surface area contributed by atoms with Crippen molar-refractivity contribution in [3.8, 4) is 11.4 Å². The smallest absolute Gasteiger partial charge is 0.280 e. The highest BCUT2D eigenvalue weighted by Gasteiger charge is 2.13. The van der Waals surface area contributed by atoms with Crippen LogP contribution in [0.3, 0.4) is 0 Å². The van der Waals surface area contributed by atoms with E-state index in [0.29, 0.717) is 17.0 Å². The molecule has 0 saturated carbocycles. The predicted molar refractivity (Wildman–Crippen MR) is 118 cm³/mol. The fourth-order valence-corrected chi connectivity index (χ4v) is 2.87. The summed E-state index contributed by atoms with van der Waals surface area (Å²) in [6.07, 6.45) is 1.34. The Morgan fingerprint density at radius 1 is 1.13 bits per heavy atom. The van der Waals surface area contributed by atoms with Gasteiger partial charge in [0, 0.05) is 5.69 Å². The fraction of sp³-hybridized carbons (Fsp3) is 0.261. The molecular weight excluding hydrogens is 380 g/mol. The first kappa shape index (κ1) is 21.1. The average molecular weight is 406 g/mol. The summed E-state index contributed by atoms with van der Waals surface area (Å²) in [7, 11) is 0. The molecule has 1 amide bonds. The van der Waals surface area contributed by atoms with Crippen LogP contribution in [0.25, 0.3) is 5.69 Å². The first-order valence-corrected chi connectivity index (χ1v) is 9.68. The quantitative estimate of drug-likeness (QED) is 0.486. The van der Waals surface area contributed by atoms with Gasteiger partial charge in [-0.3, -0.25) is 14.7 Å². The van der Waals surface area contributed by atoms with Gasteiger partial charge in [-0.1, -0.05) is 51.1 Å². The molecule has 0 radical (unpaired) electrons. The van der Waals surface area contributed by atoms with Crippen molar-refractivity contribution in [2.45, 2.75) is 33.1 Å². The van der Waals surface area contributed by atoms with Crippen molar-refractivity contribution in [3.63, 3.8) is 0 Å². The second-order valence-corrected chi connectivity index (χ2v) is 7.98. The van der Waals surface area contributed by atoms with E-state index >= 15 is 0 Å². The fourth-order valence-electron chi connectivity index (χ4n) is 2.87. The van der Waals surface area contributed by atoms with E-state index in [1.165, 1.54) is 16.5 Å². The van der Waals surface area contributed by atoms with E-state index in [1.54, 1.807) is 6.92 Å². The van der Waals surface area contributed by atoms with Crippen molar-refractivity contribution < 1.29 is 9.53 Å². The Hall–Kier alpha value is -3.61. The highest BCUT2D eigenvalue weighted by Crippen LogP contribution is 2.24. The van der Waals surface area contributed by atoms with Gasteiger partial charge in [0.2, 0.25) is 0 Å². The van der Waals surface area contributed by atoms with Crippen LogP contribution in [0.1, 0.15) is 37.6 Å². The monoisotopic (exact) mass is 406 g/mol. The van der Waals surface area contributed by atoms with Gasteiger partial charge in [-0.15, -0.1) is 0 Å². The number of nitrogens with zero attached hydrogens (tertiary/aromatic N) is 2. The topological polar surface area (TPSA) is 88.5 Å². The Morgan fingerprint density at radius 3 is 2.43 bits per heavy atom. The molecule has 3 aromatic rings. The summed E-state index contributed by atoms with van der Waals surface area (Å²) in [5, 5.41) is 6.90. The molecule has 0 atom stereocenters. The lowest BCUT2D eigenvalue weighted by Gasteiger charge is -2.19. The van der Waals surface area contributed by atoms with Crippen molar-refractivity contribution in [1.29, 1.82) is 0 Å². The van der Waals surface area contributed by atoms with E-state index in [4.69, 9.17) is 4.74 Å². The SMILES string of the molecule is Cc1[nH]n(-c2ccccc2)c(=O)c1/C=N\NC(=O)COc1ccc(C(C)(C)C)cc1. The van der Waals surface area contributed by atoms with Crippen LogP contribution < -0.4 is 15.7 Å². The van der Waals surface area contributed by atoms with Crippen molar-refractivity contribution in [1.82, 2.24) is 15.2 Å². The first-order valence-electron chi connectivity index (χ1n) is 9.68. The second kappa shape index (κ2) is 8.82. The molecular formula is C23H26N4O3. The molecule has 0 bridgehead atoms. The van der Waals surface area contributed by atoms with E-state index < -0.39 is 5.91 Å². The Kier molecular flexibility index (Phi) is 6.20. The summed E-state index contributed by atoms with van der Waals surface area (Å²) >= 11 is 0. The van der Waals surface area contributed by atoms with Crippen LogP contribution in [0.4, 0.5) is 0 Å². The normalized spacial score (nSPS) is 11.6. The zero-order valence-corrected chi connectivity index (χ0v) is 17.6. The van der Waals surface area contributed by atoms with Crippen LogP contribution in [0, 0.1) is 6.92 Å². The largest absolute Gasteiger partial charge is 0.484 e. The molecule has 0 unspecified atom stereocenters. The third-order valence-electron chi connectivity index (χ3n) is 4.60. The maximum absolute atomic E-state index is 12.6. The number of aryl methyl sites for hydroxylation is 1. The van der Waals surface area contributed by atoms with Gasteiger partial charge < -0.3 is 4.74 Å². The third kappa shape index (κ3) is 5.05. The summed E-state index contributed by atoms with van der Waals surface area (Å²) in [6.45, 7) is 8.00.